The Bertz CT molecular complexity index is 441. The lowest BCUT2D eigenvalue weighted by Gasteiger charge is -2.11. The van der Waals surface area contributed by atoms with Crippen molar-refractivity contribution in [1.29, 1.82) is 0 Å². The van der Waals surface area contributed by atoms with Crippen molar-refractivity contribution in [2.45, 2.75) is 26.3 Å². The van der Waals surface area contributed by atoms with Crippen LogP contribution in [0.15, 0.2) is 10.7 Å². The van der Waals surface area contributed by atoms with Crippen molar-refractivity contribution in [3.05, 3.63) is 27.5 Å². The monoisotopic (exact) mass is 322 g/mol. The van der Waals surface area contributed by atoms with Gasteiger partial charge in [0.2, 0.25) is 0 Å². The summed E-state index contributed by atoms with van der Waals surface area (Å²) in [6, 6.07) is 1.19. The summed E-state index contributed by atoms with van der Waals surface area (Å²) in [5, 5.41) is 0. The van der Waals surface area contributed by atoms with E-state index in [0.717, 1.165) is 0 Å². The largest absolute Gasteiger partial charge is 0.466 e. The van der Waals surface area contributed by atoms with Gasteiger partial charge in [-0.05, 0) is 34.5 Å². The van der Waals surface area contributed by atoms with Crippen LogP contribution in [0.3, 0.4) is 0 Å². The molecule has 0 atom stereocenters. The number of nitrogens with zero attached hydrogens (tertiary/aromatic N) is 1. The molecule has 0 saturated carbocycles. The molecule has 0 aromatic carbocycles. The number of esters is 1. The van der Waals surface area contributed by atoms with Gasteiger partial charge in [0.1, 0.15) is 10.3 Å². The maximum Gasteiger partial charge on any atom is 0.310 e. The zero-order chi connectivity index (χ0) is 13.7. The first kappa shape index (κ1) is 15.0. The molecule has 0 spiro atoms. The normalized spacial score (nSPS) is 10.8. The SMILES string of the molecule is CCOC(=O)Cc1cc(C(F)F)nc(Br)c1CN. The molecule has 0 aliphatic rings. The average molecular weight is 323 g/mol. The van der Waals surface area contributed by atoms with Crippen molar-refractivity contribution in [2.24, 2.45) is 5.73 Å². The molecule has 4 nitrogen and oxygen atoms in total. The molecular weight excluding hydrogens is 310 g/mol. The number of aromatic nitrogens is 1. The smallest absolute Gasteiger partial charge is 0.310 e. The van der Waals surface area contributed by atoms with Crippen LogP contribution >= 0.6 is 15.9 Å². The van der Waals surface area contributed by atoms with Gasteiger partial charge in [-0.1, -0.05) is 0 Å². The van der Waals surface area contributed by atoms with Gasteiger partial charge in [0.05, 0.1) is 13.0 Å². The number of hydrogen-bond acceptors (Lipinski definition) is 4. The van der Waals surface area contributed by atoms with Crippen LogP contribution in [0.1, 0.15) is 30.2 Å². The summed E-state index contributed by atoms with van der Waals surface area (Å²) in [6.45, 7) is 2.02. The van der Waals surface area contributed by atoms with Crippen LogP contribution in [0.5, 0.6) is 0 Å². The van der Waals surface area contributed by atoms with Gasteiger partial charge in [0.25, 0.3) is 6.43 Å². The molecule has 2 N–H and O–H groups in total. The van der Waals surface area contributed by atoms with Crippen LogP contribution in [-0.2, 0) is 22.5 Å². The van der Waals surface area contributed by atoms with Crippen molar-refractivity contribution < 1.29 is 18.3 Å². The van der Waals surface area contributed by atoms with Crippen LogP contribution in [0, 0.1) is 0 Å². The first-order valence-electron chi connectivity index (χ1n) is 5.31. The van der Waals surface area contributed by atoms with E-state index in [-0.39, 0.29) is 24.2 Å². The van der Waals surface area contributed by atoms with E-state index in [2.05, 4.69) is 20.9 Å². The van der Waals surface area contributed by atoms with Gasteiger partial charge in [-0.15, -0.1) is 0 Å². The van der Waals surface area contributed by atoms with E-state index in [0.29, 0.717) is 11.1 Å². The predicted molar refractivity (Wildman–Crippen MR) is 65.1 cm³/mol. The molecule has 0 amide bonds. The number of hydrogen-bond donors (Lipinski definition) is 1. The number of pyridine rings is 1. The summed E-state index contributed by atoms with van der Waals surface area (Å²) >= 11 is 3.08. The van der Waals surface area contributed by atoms with E-state index in [1.807, 2.05) is 0 Å². The lowest BCUT2D eigenvalue weighted by atomic mass is 10.1. The molecule has 1 heterocycles. The molecule has 1 rings (SSSR count). The molecule has 0 aliphatic carbocycles. The van der Waals surface area contributed by atoms with Gasteiger partial charge >= 0.3 is 5.97 Å². The minimum absolute atomic E-state index is 0.0960. The van der Waals surface area contributed by atoms with Crippen molar-refractivity contribution in [3.8, 4) is 0 Å². The lowest BCUT2D eigenvalue weighted by Crippen LogP contribution is -2.13. The third-order valence-corrected chi connectivity index (χ3v) is 2.91. The molecule has 0 fully saturated rings. The van der Waals surface area contributed by atoms with Crippen LogP contribution < -0.4 is 5.73 Å². The van der Waals surface area contributed by atoms with Gasteiger partial charge in [0.15, 0.2) is 0 Å². The number of carbonyl (C=O) groups excluding carboxylic acids is 1. The first-order valence-corrected chi connectivity index (χ1v) is 6.10. The fourth-order valence-corrected chi connectivity index (χ4v) is 2.08. The molecule has 18 heavy (non-hydrogen) atoms. The number of rotatable bonds is 5. The molecule has 0 aliphatic heterocycles. The minimum Gasteiger partial charge on any atom is -0.466 e. The highest BCUT2D eigenvalue weighted by atomic mass is 79.9. The van der Waals surface area contributed by atoms with Crippen LogP contribution in [0.2, 0.25) is 0 Å². The highest BCUT2D eigenvalue weighted by Gasteiger charge is 2.17. The Kier molecular flexibility index (Phi) is 5.61. The van der Waals surface area contributed by atoms with Crippen LogP contribution in [0.4, 0.5) is 8.78 Å². The first-order chi connectivity index (χ1) is 8.49. The minimum atomic E-state index is -2.70. The lowest BCUT2D eigenvalue weighted by molar-refractivity contribution is -0.142. The van der Waals surface area contributed by atoms with Crippen molar-refractivity contribution in [1.82, 2.24) is 4.98 Å². The molecule has 7 heteroatoms. The maximum atomic E-state index is 12.6. The number of alkyl halides is 2. The summed E-state index contributed by atoms with van der Waals surface area (Å²) in [4.78, 5) is 15.1. The Hall–Kier alpha value is -1.08. The summed E-state index contributed by atoms with van der Waals surface area (Å²) in [7, 11) is 0. The van der Waals surface area contributed by atoms with Gasteiger partial charge in [0, 0.05) is 12.1 Å². The number of carbonyl (C=O) groups is 1. The maximum absolute atomic E-state index is 12.6. The second-order valence-corrected chi connectivity index (χ2v) is 4.21. The number of ether oxygens (including phenoxy) is 1. The highest BCUT2D eigenvalue weighted by molar-refractivity contribution is 9.10. The third kappa shape index (κ3) is 3.71. The molecule has 0 radical (unpaired) electrons. The fraction of sp³-hybridized carbons (Fsp3) is 0.455. The predicted octanol–water partition coefficient (Wildman–Crippen LogP) is 2.35. The third-order valence-electron chi connectivity index (χ3n) is 2.25. The standard InChI is InChI=1S/C11H13BrF2N2O2/c1-2-18-9(17)4-6-3-8(11(13)14)16-10(12)7(6)5-15/h3,11H,2,4-5,15H2,1H3. The number of halogens is 3. The Morgan fingerprint density at radius 3 is 2.78 bits per heavy atom. The molecule has 0 bridgehead atoms. The van der Waals surface area contributed by atoms with E-state index >= 15 is 0 Å². The zero-order valence-electron chi connectivity index (χ0n) is 9.75. The summed E-state index contributed by atoms with van der Waals surface area (Å²) < 4.78 is 30.3. The Balaban J connectivity index is 3.10. The number of nitrogens with two attached hydrogens (primary N) is 1. The van der Waals surface area contributed by atoms with Crippen molar-refractivity contribution in [2.75, 3.05) is 6.61 Å². The molecule has 0 unspecified atom stereocenters. The van der Waals surface area contributed by atoms with Crippen LogP contribution in [-0.4, -0.2) is 17.6 Å². The van der Waals surface area contributed by atoms with E-state index in [4.69, 9.17) is 10.5 Å². The van der Waals surface area contributed by atoms with E-state index in [9.17, 15) is 13.6 Å². The second-order valence-electron chi connectivity index (χ2n) is 3.46. The topological polar surface area (TPSA) is 65.2 Å². The molecule has 100 valence electrons. The second kappa shape index (κ2) is 6.75. The van der Waals surface area contributed by atoms with Gasteiger partial charge in [-0.2, -0.15) is 0 Å². The van der Waals surface area contributed by atoms with E-state index in [1.165, 1.54) is 6.07 Å². The van der Waals surface area contributed by atoms with Gasteiger partial charge in [-0.3, -0.25) is 4.79 Å². The fourth-order valence-electron chi connectivity index (χ4n) is 1.46. The van der Waals surface area contributed by atoms with E-state index in [1.54, 1.807) is 6.92 Å². The van der Waals surface area contributed by atoms with Gasteiger partial charge < -0.3 is 10.5 Å². The van der Waals surface area contributed by atoms with Crippen molar-refractivity contribution in [3.63, 3.8) is 0 Å². The zero-order valence-corrected chi connectivity index (χ0v) is 11.3. The molecular formula is C11H13BrF2N2O2. The average Bonchev–Trinajstić information content (AvgIpc) is 2.28. The summed E-state index contributed by atoms with van der Waals surface area (Å²) in [5.74, 6) is -0.481. The molecule has 1 aromatic heterocycles. The summed E-state index contributed by atoms with van der Waals surface area (Å²) in [5.41, 5.74) is 6.07. The Labute approximate surface area is 112 Å². The Morgan fingerprint density at radius 2 is 2.28 bits per heavy atom. The van der Waals surface area contributed by atoms with Crippen LogP contribution in [0.25, 0.3) is 0 Å². The van der Waals surface area contributed by atoms with Gasteiger partial charge in [-0.25, -0.2) is 13.8 Å². The Morgan fingerprint density at radius 1 is 1.61 bits per heavy atom. The summed E-state index contributed by atoms with van der Waals surface area (Å²) in [6.07, 6.45) is -2.80. The van der Waals surface area contributed by atoms with E-state index < -0.39 is 18.1 Å². The molecule has 1 aromatic rings. The molecule has 0 saturated heterocycles. The highest BCUT2D eigenvalue weighted by Crippen LogP contribution is 2.25. The van der Waals surface area contributed by atoms with Crippen molar-refractivity contribution >= 4 is 21.9 Å². The quantitative estimate of drug-likeness (QED) is 0.667.